The van der Waals surface area contributed by atoms with Crippen LogP contribution >= 0.6 is 11.8 Å². The first kappa shape index (κ1) is 19.3. The number of para-hydroxylation sites is 1. The van der Waals surface area contributed by atoms with Gasteiger partial charge in [0.15, 0.2) is 5.50 Å². The molecule has 2 N–H and O–H groups in total. The third-order valence-electron chi connectivity index (χ3n) is 4.56. The van der Waals surface area contributed by atoms with E-state index in [4.69, 9.17) is 4.74 Å². The lowest BCUT2D eigenvalue weighted by Gasteiger charge is -2.13. The summed E-state index contributed by atoms with van der Waals surface area (Å²) in [7, 11) is 0. The highest BCUT2D eigenvalue weighted by molar-refractivity contribution is 8.05. The van der Waals surface area contributed by atoms with Gasteiger partial charge in [-0.25, -0.2) is 4.39 Å². The Hall–Kier alpha value is -2.99. The molecule has 0 aliphatic carbocycles. The Balaban J connectivity index is 1.65. The van der Waals surface area contributed by atoms with Crippen molar-refractivity contribution in [2.24, 2.45) is 0 Å². The van der Waals surface area contributed by atoms with Crippen molar-refractivity contribution in [2.45, 2.75) is 18.8 Å². The SMILES string of the molecule is CCCOc1ccc2ccccc2c1/C=C1\SC(Nc2ccccc2F)NC1=O. The predicted octanol–water partition coefficient (Wildman–Crippen LogP) is 5.37. The molecule has 1 aliphatic rings. The third-order valence-corrected chi connectivity index (χ3v) is 5.59. The number of carbonyl (C=O) groups excluding carboxylic acids is 1. The summed E-state index contributed by atoms with van der Waals surface area (Å²) in [6.45, 7) is 2.66. The molecule has 1 heterocycles. The maximum Gasteiger partial charge on any atom is 0.260 e. The van der Waals surface area contributed by atoms with Crippen LogP contribution in [0.4, 0.5) is 10.1 Å². The smallest absolute Gasteiger partial charge is 0.260 e. The molecular weight excluding hydrogens is 387 g/mol. The molecule has 1 amide bonds. The largest absolute Gasteiger partial charge is 0.493 e. The Labute approximate surface area is 173 Å². The number of hydrogen-bond donors (Lipinski definition) is 2. The molecule has 0 saturated carbocycles. The number of halogens is 1. The van der Waals surface area contributed by atoms with Crippen molar-refractivity contribution >= 4 is 40.2 Å². The molecule has 0 aromatic heterocycles. The van der Waals surface area contributed by atoms with Gasteiger partial charge < -0.3 is 15.4 Å². The summed E-state index contributed by atoms with van der Waals surface area (Å²) >= 11 is 1.33. The quantitative estimate of drug-likeness (QED) is 0.539. The number of hydrogen-bond acceptors (Lipinski definition) is 4. The minimum atomic E-state index is -0.444. The molecule has 3 aromatic carbocycles. The first-order valence-electron chi connectivity index (χ1n) is 9.50. The number of anilines is 1. The molecule has 0 spiro atoms. The molecule has 3 aromatic rings. The van der Waals surface area contributed by atoms with Gasteiger partial charge in [0, 0.05) is 5.56 Å². The van der Waals surface area contributed by atoms with Crippen LogP contribution in [-0.4, -0.2) is 18.0 Å². The molecule has 29 heavy (non-hydrogen) atoms. The zero-order chi connectivity index (χ0) is 20.2. The molecule has 0 radical (unpaired) electrons. The zero-order valence-corrected chi connectivity index (χ0v) is 16.8. The van der Waals surface area contributed by atoms with Gasteiger partial charge in [0.2, 0.25) is 0 Å². The van der Waals surface area contributed by atoms with Crippen LogP contribution < -0.4 is 15.4 Å². The number of ether oxygens (including phenoxy) is 1. The molecule has 6 heteroatoms. The fraction of sp³-hybridized carbons (Fsp3) is 0.174. The Bertz CT molecular complexity index is 1080. The van der Waals surface area contributed by atoms with Crippen LogP contribution in [0.1, 0.15) is 18.9 Å². The van der Waals surface area contributed by atoms with E-state index in [0.29, 0.717) is 17.2 Å². The highest BCUT2D eigenvalue weighted by Gasteiger charge is 2.28. The Morgan fingerprint density at radius 1 is 1.14 bits per heavy atom. The number of nitrogens with one attached hydrogen (secondary N) is 2. The Kier molecular flexibility index (Phi) is 5.71. The van der Waals surface area contributed by atoms with E-state index >= 15 is 0 Å². The van der Waals surface area contributed by atoms with Crippen LogP contribution in [0.15, 0.2) is 65.6 Å². The Morgan fingerprint density at radius 2 is 1.93 bits per heavy atom. The lowest BCUT2D eigenvalue weighted by Crippen LogP contribution is -2.31. The molecule has 1 atom stereocenters. The fourth-order valence-electron chi connectivity index (χ4n) is 3.18. The summed E-state index contributed by atoms with van der Waals surface area (Å²) in [6, 6.07) is 18.4. The lowest BCUT2D eigenvalue weighted by molar-refractivity contribution is -0.116. The summed E-state index contributed by atoms with van der Waals surface area (Å²) < 4.78 is 19.8. The van der Waals surface area contributed by atoms with Crippen LogP contribution in [0.2, 0.25) is 0 Å². The van der Waals surface area contributed by atoms with E-state index in [0.717, 1.165) is 28.5 Å². The summed E-state index contributed by atoms with van der Waals surface area (Å²) in [4.78, 5) is 13.1. The maximum atomic E-state index is 13.9. The number of rotatable bonds is 6. The van der Waals surface area contributed by atoms with E-state index in [-0.39, 0.29) is 11.7 Å². The fourth-order valence-corrected chi connectivity index (χ4v) is 4.14. The number of benzene rings is 3. The van der Waals surface area contributed by atoms with Crippen molar-refractivity contribution in [1.82, 2.24) is 5.32 Å². The molecule has 1 aliphatic heterocycles. The van der Waals surface area contributed by atoms with Crippen molar-refractivity contribution in [3.05, 3.63) is 76.9 Å². The van der Waals surface area contributed by atoms with Gasteiger partial charge in [-0.05, 0) is 41.5 Å². The summed E-state index contributed by atoms with van der Waals surface area (Å²) in [5.74, 6) is 0.194. The van der Waals surface area contributed by atoms with Crippen LogP contribution in [0.5, 0.6) is 5.75 Å². The van der Waals surface area contributed by atoms with Crippen LogP contribution in [0.25, 0.3) is 16.8 Å². The van der Waals surface area contributed by atoms with Crippen molar-refractivity contribution in [3.63, 3.8) is 0 Å². The molecule has 1 fully saturated rings. The van der Waals surface area contributed by atoms with Crippen molar-refractivity contribution in [2.75, 3.05) is 11.9 Å². The molecule has 148 valence electrons. The molecular formula is C23H21FN2O2S. The van der Waals surface area contributed by atoms with Gasteiger partial charge in [-0.1, -0.05) is 61.2 Å². The number of carbonyl (C=O) groups is 1. The molecule has 0 bridgehead atoms. The lowest BCUT2D eigenvalue weighted by atomic mass is 10.0. The standard InChI is InChI=1S/C23H21FN2O2S/c1-2-13-28-20-12-11-15-7-3-4-8-16(15)17(20)14-21-22(27)26-23(29-21)25-19-10-6-5-9-18(19)24/h3-12,14,23,25H,2,13H2,1H3,(H,26,27)/b21-14-. The monoisotopic (exact) mass is 408 g/mol. The van der Waals surface area contributed by atoms with Crippen molar-refractivity contribution in [3.8, 4) is 5.75 Å². The van der Waals surface area contributed by atoms with E-state index in [9.17, 15) is 9.18 Å². The summed E-state index contributed by atoms with van der Waals surface area (Å²) in [5.41, 5.74) is 0.782. The van der Waals surface area contributed by atoms with E-state index in [2.05, 4.69) is 17.6 Å². The first-order valence-corrected chi connectivity index (χ1v) is 10.4. The second kappa shape index (κ2) is 8.57. The van der Waals surface area contributed by atoms with E-state index in [1.807, 2.05) is 42.5 Å². The van der Waals surface area contributed by atoms with Crippen molar-refractivity contribution in [1.29, 1.82) is 0 Å². The zero-order valence-electron chi connectivity index (χ0n) is 15.9. The summed E-state index contributed by atoms with van der Waals surface area (Å²) in [6.07, 6.45) is 2.75. The molecule has 1 unspecified atom stereocenters. The average Bonchev–Trinajstić information content (AvgIpc) is 3.08. The second-order valence-corrected chi connectivity index (χ2v) is 7.80. The first-order chi connectivity index (χ1) is 14.2. The van der Waals surface area contributed by atoms with Gasteiger partial charge in [0.25, 0.3) is 5.91 Å². The minimum absolute atomic E-state index is 0.196. The van der Waals surface area contributed by atoms with Crippen LogP contribution in [0.3, 0.4) is 0 Å². The van der Waals surface area contributed by atoms with Crippen molar-refractivity contribution < 1.29 is 13.9 Å². The Morgan fingerprint density at radius 3 is 2.76 bits per heavy atom. The highest BCUT2D eigenvalue weighted by atomic mass is 32.2. The van der Waals surface area contributed by atoms with Gasteiger partial charge in [-0.2, -0.15) is 0 Å². The van der Waals surface area contributed by atoms with Gasteiger partial charge in [-0.15, -0.1) is 0 Å². The topological polar surface area (TPSA) is 50.4 Å². The van der Waals surface area contributed by atoms with Gasteiger partial charge in [0.1, 0.15) is 11.6 Å². The maximum absolute atomic E-state index is 13.9. The predicted molar refractivity (Wildman–Crippen MR) is 117 cm³/mol. The normalized spacial score (nSPS) is 17.5. The highest BCUT2D eigenvalue weighted by Crippen LogP contribution is 2.36. The van der Waals surface area contributed by atoms with Gasteiger partial charge >= 0.3 is 0 Å². The summed E-state index contributed by atoms with van der Waals surface area (Å²) in [5, 5.41) is 7.97. The van der Waals surface area contributed by atoms with Gasteiger partial charge in [-0.3, -0.25) is 4.79 Å². The van der Waals surface area contributed by atoms with E-state index in [1.165, 1.54) is 17.8 Å². The van der Waals surface area contributed by atoms with E-state index < -0.39 is 5.50 Å². The number of thioether (sulfide) groups is 1. The molecule has 4 nitrogen and oxygen atoms in total. The minimum Gasteiger partial charge on any atom is -0.493 e. The molecule has 4 rings (SSSR count). The average molecular weight is 408 g/mol. The van der Waals surface area contributed by atoms with Crippen LogP contribution in [-0.2, 0) is 4.79 Å². The second-order valence-electron chi connectivity index (χ2n) is 6.65. The van der Waals surface area contributed by atoms with Crippen LogP contribution in [0, 0.1) is 5.82 Å². The van der Waals surface area contributed by atoms with Gasteiger partial charge in [0.05, 0.1) is 17.2 Å². The number of fused-ring (bicyclic) bond motifs is 1. The number of amides is 1. The third kappa shape index (κ3) is 4.22. The molecule has 1 saturated heterocycles. The van der Waals surface area contributed by atoms with E-state index in [1.54, 1.807) is 18.2 Å².